The number of amides is 4. The van der Waals surface area contributed by atoms with E-state index in [-0.39, 0.29) is 66.1 Å². The number of nitrogens with zero attached hydrogens (tertiary/aromatic N) is 1. The smallest absolute Gasteiger partial charge is 0.429 e. The standard InChI is InChI=1S/C66H85N5O10/c1-44(2)14-12-15-45(3)55-30-31-56-54-29-22-49-42-53(34-36-65(49,4)57(54)35-37-66(55,56)5)79-39-13-38-67-60(72)32-33-61(73)69-58(40-46-16-8-6-9-17-46)63(75)70-59(41-47-18-10-7-11-19-47)62(74)68-50-23-20-48(21-24-50)43-80-64(76)81-52-27-25-51(26-28-52)71(77)78/h6-11,16-28,44-45,53-59H,12-15,29-43H2,1-5H3,(H4-,67,68,69,70,72,73,74,75,77,78)/p+1/t45-,53+,54+,55-,56?,57?,58+,59+,65+,66-/m1/s1. The number of carbonyl (C=O) groups excluding carboxylic acids is 5. The van der Waals surface area contributed by atoms with Crippen molar-refractivity contribution in [3.63, 3.8) is 0 Å². The second-order valence-corrected chi connectivity index (χ2v) is 24.4. The van der Waals surface area contributed by atoms with Gasteiger partial charge >= 0.3 is 11.8 Å². The summed E-state index contributed by atoms with van der Waals surface area (Å²) in [5.41, 5.74) is 4.94. The van der Waals surface area contributed by atoms with Gasteiger partial charge in [0.1, 0.15) is 24.4 Å². The quantitative estimate of drug-likeness (QED) is 0.0132. The predicted molar refractivity (Wildman–Crippen MR) is 311 cm³/mol. The highest BCUT2D eigenvalue weighted by Gasteiger charge is 2.59. The number of anilines is 1. The van der Waals surface area contributed by atoms with Crippen molar-refractivity contribution in [1.82, 2.24) is 16.0 Å². The van der Waals surface area contributed by atoms with Crippen LogP contribution in [0.4, 0.5) is 16.2 Å². The van der Waals surface area contributed by atoms with E-state index in [9.17, 15) is 28.9 Å². The third-order valence-corrected chi connectivity index (χ3v) is 18.5. The lowest BCUT2D eigenvalue weighted by atomic mass is 9.47. The molecule has 0 heterocycles. The number of ether oxygens (including phenoxy) is 3. The Morgan fingerprint density at radius 1 is 0.704 bits per heavy atom. The first-order chi connectivity index (χ1) is 39.0. The molecule has 4 aliphatic rings. The van der Waals surface area contributed by atoms with E-state index in [4.69, 9.17) is 19.4 Å². The van der Waals surface area contributed by atoms with E-state index in [0.717, 1.165) is 59.5 Å². The van der Waals surface area contributed by atoms with E-state index >= 15 is 0 Å². The maximum atomic E-state index is 14.2. The van der Waals surface area contributed by atoms with Gasteiger partial charge in [-0.1, -0.05) is 138 Å². The Morgan fingerprint density at radius 3 is 2.04 bits per heavy atom. The summed E-state index contributed by atoms with van der Waals surface area (Å²) in [6.07, 6.45) is 16.7. The van der Waals surface area contributed by atoms with Gasteiger partial charge in [-0.3, -0.25) is 19.2 Å². The Morgan fingerprint density at radius 2 is 1.37 bits per heavy atom. The van der Waals surface area contributed by atoms with Gasteiger partial charge in [-0.2, -0.15) is 0 Å². The summed E-state index contributed by atoms with van der Waals surface area (Å²) in [4.78, 5) is 77.7. The third-order valence-electron chi connectivity index (χ3n) is 18.5. The van der Waals surface area contributed by atoms with Crippen molar-refractivity contribution in [2.75, 3.05) is 18.5 Å². The van der Waals surface area contributed by atoms with Gasteiger partial charge in [-0.05, 0) is 145 Å². The SMILES string of the molecule is CC(C)CCC[C@@H](C)[C@H]1CCC2[C@@H]3CC=C4C[C@@H](OCCCNC(=O)CCC(=O)N[C@@H](Cc5ccccc5)C(=O)N[C@@H](Cc5ccccc5)C(=O)Nc5ccc(COC(=O)Oc6ccc([N+](=O)O)cc6)cc5)CC[C@]4(C)C3CC[C@@]21C. The minimum Gasteiger partial charge on any atom is -0.429 e. The fraction of sp³-hybridized carbons (Fsp3) is 0.530. The number of nitrogens with one attached hydrogen (secondary N) is 4. The number of hydrogen-bond donors (Lipinski definition) is 5. The van der Waals surface area contributed by atoms with Crippen LogP contribution >= 0.6 is 0 Å². The number of allylic oxidation sites excluding steroid dienone is 1. The minimum absolute atomic E-state index is 0.0369. The van der Waals surface area contributed by atoms with E-state index in [1.807, 2.05) is 60.7 Å². The molecule has 4 aromatic carbocycles. The third kappa shape index (κ3) is 16.2. The molecule has 0 spiro atoms. The molecule has 434 valence electrons. The summed E-state index contributed by atoms with van der Waals surface area (Å²) in [7, 11) is 0. The number of rotatable bonds is 26. The van der Waals surface area contributed by atoms with Crippen molar-refractivity contribution in [2.45, 2.75) is 162 Å². The Labute approximate surface area is 478 Å². The molecule has 4 aromatic rings. The van der Waals surface area contributed by atoms with E-state index in [1.165, 1.54) is 82.1 Å². The zero-order valence-electron chi connectivity index (χ0n) is 48.2. The lowest BCUT2D eigenvalue weighted by Gasteiger charge is -2.58. The molecule has 0 aromatic heterocycles. The van der Waals surface area contributed by atoms with Crippen LogP contribution in [0.3, 0.4) is 0 Å². The normalized spacial score (nSPS) is 23.9. The van der Waals surface area contributed by atoms with Gasteiger partial charge in [-0.15, -0.1) is 0 Å². The highest BCUT2D eigenvalue weighted by atomic mass is 16.7. The summed E-state index contributed by atoms with van der Waals surface area (Å²) in [5.74, 6) is 3.20. The van der Waals surface area contributed by atoms with E-state index in [2.05, 4.69) is 62.0 Å². The fourth-order valence-electron chi connectivity index (χ4n) is 14.1. The highest BCUT2D eigenvalue weighted by molar-refractivity contribution is 5.99. The monoisotopic (exact) mass is 1110 g/mol. The van der Waals surface area contributed by atoms with Gasteiger partial charge in [0, 0.05) is 56.7 Å². The van der Waals surface area contributed by atoms with Gasteiger partial charge < -0.3 is 35.5 Å². The van der Waals surface area contributed by atoms with Crippen LogP contribution in [-0.4, -0.2) is 71.3 Å². The zero-order valence-corrected chi connectivity index (χ0v) is 48.2. The van der Waals surface area contributed by atoms with Crippen LogP contribution in [0.25, 0.3) is 0 Å². The Hall–Kier alpha value is -6.87. The molecular weight excluding hydrogens is 1020 g/mol. The van der Waals surface area contributed by atoms with Crippen molar-refractivity contribution in [3.05, 3.63) is 142 Å². The summed E-state index contributed by atoms with van der Waals surface area (Å²) >= 11 is 0. The maximum Gasteiger partial charge on any atom is 0.514 e. The van der Waals surface area contributed by atoms with E-state index in [1.54, 1.807) is 29.8 Å². The first-order valence-corrected chi connectivity index (χ1v) is 29.7. The van der Waals surface area contributed by atoms with Crippen LogP contribution < -0.4 is 26.0 Å². The van der Waals surface area contributed by atoms with Gasteiger partial charge in [0.15, 0.2) is 0 Å². The van der Waals surface area contributed by atoms with Crippen molar-refractivity contribution < 1.29 is 48.3 Å². The zero-order chi connectivity index (χ0) is 57.5. The largest absolute Gasteiger partial charge is 0.514 e. The topological polar surface area (TPSA) is 201 Å². The van der Waals surface area contributed by atoms with Crippen LogP contribution in [0.2, 0.25) is 0 Å². The molecular formula is C66H86N5O10+. The first-order valence-electron chi connectivity index (χ1n) is 29.7. The molecule has 0 radical (unpaired) electrons. The molecule has 81 heavy (non-hydrogen) atoms. The molecule has 0 bridgehead atoms. The number of fused-ring (bicyclic) bond motifs is 5. The van der Waals surface area contributed by atoms with Gasteiger partial charge in [0.05, 0.1) is 11.0 Å². The second kappa shape index (κ2) is 28.2. The number of benzene rings is 4. The van der Waals surface area contributed by atoms with Crippen LogP contribution in [0.5, 0.6) is 5.75 Å². The number of carbonyl (C=O) groups is 5. The van der Waals surface area contributed by atoms with Crippen LogP contribution in [0.15, 0.2) is 121 Å². The molecule has 4 amide bonds. The molecule has 0 aliphatic heterocycles. The van der Waals surface area contributed by atoms with Crippen molar-refractivity contribution >= 4 is 41.2 Å². The highest BCUT2D eigenvalue weighted by Crippen LogP contribution is 2.67. The molecule has 4 aliphatic carbocycles. The first kappa shape index (κ1) is 60.2. The minimum atomic E-state index is -1.06. The molecule has 3 saturated carbocycles. The Kier molecular flexibility index (Phi) is 21.0. The Balaban J connectivity index is 0.776. The molecule has 15 nitrogen and oxygen atoms in total. The molecule has 5 N–H and O–H groups in total. The molecule has 15 heteroatoms. The summed E-state index contributed by atoms with van der Waals surface area (Å²) in [6.45, 7) is 13.3. The van der Waals surface area contributed by atoms with Gasteiger partial charge in [0.2, 0.25) is 23.6 Å². The summed E-state index contributed by atoms with van der Waals surface area (Å²) in [6, 6.07) is 28.2. The van der Waals surface area contributed by atoms with Gasteiger partial charge in [0.25, 0.3) is 4.92 Å². The van der Waals surface area contributed by atoms with Crippen molar-refractivity contribution in [3.8, 4) is 5.75 Å². The van der Waals surface area contributed by atoms with Crippen molar-refractivity contribution in [1.29, 1.82) is 0 Å². The summed E-state index contributed by atoms with van der Waals surface area (Å²) in [5, 5.41) is 20.6. The average Bonchev–Trinajstić information content (AvgIpc) is 4.04. The molecule has 8 rings (SSSR count). The molecule has 2 unspecified atom stereocenters. The second-order valence-electron chi connectivity index (χ2n) is 24.4. The lowest BCUT2D eigenvalue weighted by molar-refractivity contribution is -0.729. The van der Waals surface area contributed by atoms with Crippen LogP contribution in [-0.2, 0) is 48.1 Å². The van der Waals surface area contributed by atoms with Crippen LogP contribution in [0, 0.1) is 51.2 Å². The van der Waals surface area contributed by atoms with Gasteiger partial charge in [-0.25, -0.2) is 10.0 Å². The van der Waals surface area contributed by atoms with E-state index in [0.29, 0.717) is 36.2 Å². The molecule has 10 atom stereocenters. The lowest BCUT2D eigenvalue weighted by Crippen LogP contribution is -2.54. The fourth-order valence-corrected chi connectivity index (χ4v) is 14.1. The molecule has 3 fully saturated rings. The Bertz CT molecular complexity index is 2790. The average molecular weight is 1110 g/mol. The predicted octanol–water partition coefficient (Wildman–Crippen LogP) is 12.3. The maximum absolute atomic E-state index is 14.2. The van der Waals surface area contributed by atoms with Crippen molar-refractivity contribution in [2.24, 2.45) is 46.3 Å². The van der Waals surface area contributed by atoms with E-state index < -0.39 is 36.0 Å². The summed E-state index contributed by atoms with van der Waals surface area (Å²) < 4.78 is 16.8. The van der Waals surface area contributed by atoms with Crippen LogP contribution in [0.1, 0.15) is 141 Å². The molecule has 0 saturated heterocycles. The number of hydrogen-bond acceptors (Lipinski definition) is 9.